The van der Waals surface area contributed by atoms with Gasteiger partial charge < -0.3 is 2.85 Å². The Morgan fingerprint density at radius 3 is 1.46 bits per heavy atom. The Morgan fingerprint density at radius 1 is 0.692 bits per heavy atom. The van der Waals surface area contributed by atoms with E-state index in [-0.39, 0.29) is 2.85 Å². The molecule has 0 radical (unpaired) electrons. The molecule has 0 aromatic heterocycles. The number of hydrogen-bond donors (Lipinski definition) is 0. The molecule has 0 aliphatic heterocycles. The predicted molar refractivity (Wildman–Crippen MR) is 64.6 cm³/mol. The fourth-order valence-electron chi connectivity index (χ4n) is 1.63. The van der Waals surface area contributed by atoms with E-state index in [1.807, 2.05) is 0 Å². The largest absolute Gasteiger partial charge is 1.00 e. The zero-order valence-electron chi connectivity index (χ0n) is 11.4. The average Bonchev–Trinajstić information content (AvgIpc) is 2.16. The Morgan fingerprint density at radius 2 is 1.08 bits per heavy atom. The third kappa shape index (κ3) is 12.5. The maximum atomic E-state index is 2.81. The second kappa shape index (κ2) is 12.5. The molecular weight excluding hydrogens is 171 g/mol. The van der Waals surface area contributed by atoms with Crippen LogP contribution in [0, 0.1) is 0 Å². The Balaban J connectivity index is -0.000000720. The molecule has 0 N–H and O–H groups in total. The van der Waals surface area contributed by atoms with Crippen molar-refractivity contribution in [2.75, 3.05) is 0 Å². The number of rotatable bonds is 10. The van der Waals surface area contributed by atoms with Gasteiger partial charge in [0.15, 0.2) is 0 Å². The van der Waals surface area contributed by atoms with Crippen LogP contribution < -0.4 is 0 Å². The van der Waals surface area contributed by atoms with Crippen molar-refractivity contribution in [2.45, 2.75) is 76.4 Å². The van der Waals surface area contributed by atoms with Crippen LogP contribution in [0.25, 0.3) is 0 Å². The smallest absolute Gasteiger partial charge is 1.00 e. The third-order valence-corrected chi connectivity index (χ3v) is 2.97. The summed E-state index contributed by atoms with van der Waals surface area (Å²) in [5.74, 6) is 0. The van der Waals surface area contributed by atoms with Gasteiger partial charge in [0.1, 0.15) is 0 Å². The molecule has 0 saturated carbocycles. The van der Waals surface area contributed by atoms with Crippen molar-refractivity contribution >= 4 is 16.3 Å². The van der Waals surface area contributed by atoms with Crippen LogP contribution in [0.1, 0.15) is 74.0 Å². The minimum absolute atomic E-state index is 0. The van der Waals surface area contributed by atoms with Gasteiger partial charge in [0, 0.05) is 0 Å². The topological polar surface area (TPSA) is 0 Å². The van der Waals surface area contributed by atoms with Gasteiger partial charge in [-0.05, 0) is 0 Å². The first-order valence-corrected chi connectivity index (χ1v) is 6.93. The van der Waals surface area contributed by atoms with Gasteiger partial charge in [-0.25, -0.2) is 0 Å². The van der Waals surface area contributed by atoms with Crippen molar-refractivity contribution < 1.29 is 2.85 Å². The van der Waals surface area contributed by atoms with Crippen LogP contribution in [0.4, 0.5) is 0 Å². The van der Waals surface area contributed by atoms with E-state index >= 15 is 0 Å². The first kappa shape index (κ1) is 13.5. The Labute approximate surface area is 95.9 Å². The van der Waals surface area contributed by atoms with E-state index in [1.165, 1.54) is 69.5 Å². The molecule has 1 heteroatoms. The Hall–Kier alpha value is 0.532. The van der Waals surface area contributed by atoms with Crippen LogP contribution in [0.3, 0.4) is 0 Å². The van der Waals surface area contributed by atoms with Crippen molar-refractivity contribution in [1.29, 1.82) is 0 Å². The van der Waals surface area contributed by atoms with Crippen LogP contribution in [-0.4, -0.2) is 16.3 Å². The van der Waals surface area contributed by atoms with Gasteiger partial charge in [0.05, 0.1) is 0 Å². The number of hydrogen-bond acceptors (Lipinski definition) is 0. The molecule has 0 rings (SSSR count). The molecule has 0 aliphatic carbocycles. The molecule has 0 nitrogen and oxygen atoms in total. The molecule has 0 bridgehead atoms. The van der Waals surface area contributed by atoms with Gasteiger partial charge in [0.2, 0.25) is 0 Å². The van der Waals surface area contributed by atoms with Crippen LogP contribution in [0.2, 0.25) is 5.28 Å². The van der Waals surface area contributed by atoms with Crippen LogP contribution >= 0.6 is 0 Å². The summed E-state index contributed by atoms with van der Waals surface area (Å²) in [6.45, 7) is 2.28. The fourth-order valence-corrected chi connectivity index (χ4v) is 1.92. The molecule has 0 unspecified atom stereocenters. The summed E-state index contributed by atoms with van der Waals surface area (Å²) in [6, 6.07) is 0. The summed E-state index contributed by atoms with van der Waals surface area (Å²) in [5, 5.41) is 1.29. The SMILES string of the molecule is CCCCCCCCCCC[CH2][Al+2].[H-].[H-]. The van der Waals surface area contributed by atoms with Crippen molar-refractivity contribution in [3.63, 3.8) is 0 Å². The monoisotopic (exact) mass is 198 g/mol. The number of unbranched alkanes of at least 4 members (excludes halogenated alkanes) is 9. The van der Waals surface area contributed by atoms with Gasteiger partial charge >= 0.3 is 92.7 Å². The Kier molecular flexibility index (Phi) is 13.0. The third-order valence-electron chi connectivity index (χ3n) is 2.56. The molecule has 0 atom stereocenters. The fraction of sp³-hybridized carbons (Fsp3) is 1.00. The average molecular weight is 198 g/mol. The van der Waals surface area contributed by atoms with Crippen LogP contribution in [0.5, 0.6) is 0 Å². The van der Waals surface area contributed by atoms with Crippen molar-refractivity contribution in [3.05, 3.63) is 0 Å². The summed E-state index contributed by atoms with van der Waals surface area (Å²) in [4.78, 5) is 0. The van der Waals surface area contributed by atoms with Crippen LogP contribution in [0.15, 0.2) is 0 Å². The molecule has 0 aromatic carbocycles. The molecule has 0 aliphatic rings. The van der Waals surface area contributed by atoms with E-state index in [0.717, 1.165) is 0 Å². The van der Waals surface area contributed by atoms with Crippen molar-refractivity contribution in [3.8, 4) is 0 Å². The molecule has 0 saturated heterocycles. The summed E-state index contributed by atoms with van der Waals surface area (Å²) in [6.07, 6.45) is 14.5. The molecule has 0 aromatic rings. The van der Waals surface area contributed by atoms with Gasteiger partial charge in [-0.2, -0.15) is 0 Å². The van der Waals surface area contributed by atoms with Crippen molar-refractivity contribution in [2.24, 2.45) is 0 Å². The zero-order chi connectivity index (χ0) is 9.78. The zero-order valence-corrected chi connectivity index (χ0v) is 10.5. The molecule has 0 fully saturated rings. The van der Waals surface area contributed by atoms with E-state index in [1.54, 1.807) is 0 Å². The quantitative estimate of drug-likeness (QED) is 0.352. The molecule has 78 valence electrons. The van der Waals surface area contributed by atoms with Gasteiger partial charge in [-0.3, -0.25) is 0 Å². The van der Waals surface area contributed by atoms with Gasteiger partial charge in [-0.1, -0.05) is 0 Å². The molecule has 0 spiro atoms. The second-order valence-electron chi connectivity index (χ2n) is 3.97. The van der Waals surface area contributed by atoms with E-state index in [4.69, 9.17) is 0 Å². The predicted octanol–water partition coefficient (Wildman–Crippen LogP) is 4.72. The van der Waals surface area contributed by atoms with Crippen LogP contribution in [-0.2, 0) is 0 Å². The molecular formula is C12H27Al. The maximum absolute atomic E-state index is 2.81. The second-order valence-corrected chi connectivity index (χ2v) is 4.55. The molecule has 13 heavy (non-hydrogen) atoms. The maximum Gasteiger partial charge on any atom is -1.00 e. The van der Waals surface area contributed by atoms with E-state index in [0.29, 0.717) is 0 Å². The summed E-state index contributed by atoms with van der Waals surface area (Å²) in [7, 11) is 0. The molecule has 0 heterocycles. The first-order valence-electron chi connectivity index (χ1n) is 6.12. The van der Waals surface area contributed by atoms with E-state index in [2.05, 4.69) is 23.2 Å². The first-order chi connectivity index (χ1) is 6.41. The van der Waals surface area contributed by atoms with Crippen molar-refractivity contribution in [1.82, 2.24) is 0 Å². The van der Waals surface area contributed by atoms with E-state index in [9.17, 15) is 0 Å². The minimum atomic E-state index is 0. The summed E-state index contributed by atoms with van der Waals surface area (Å²) in [5.41, 5.74) is 0. The molecule has 0 amide bonds. The normalized spacial score (nSPS) is 10.7. The minimum Gasteiger partial charge on any atom is -1.00 e. The summed E-state index contributed by atoms with van der Waals surface area (Å²) >= 11 is 2.81. The van der Waals surface area contributed by atoms with Gasteiger partial charge in [0.25, 0.3) is 0 Å². The standard InChI is InChI=1S/C12H25.Al.2H/c1-3-5-7-9-11-12-10-8-6-4-2;;;/h1,3-12H2,2H3;;;/q;+2;2*-1. The van der Waals surface area contributed by atoms with E-state index < -0.39 is 0 Å². The Bertz CT molecular complexity index is 79.7. The van der Waals surface area contributed by atoms with Gasteiger partial charge in [-0.15, -0.1) is 0 Å². The summed E-state index contributed by atoms with van der Waals surface area (Å²) < 4.78 is 0.